The second kappa shape index (κ2) is 5.97. The van der Waals surface area contributed by atoms with Gasteiger partial charge in [-0.05, 0) is 18.2 Å². The van der Waals surface area contributed by atoms with E-state index in [1.807, 2.05) is 0 Å². The number of rotatable bonds is 5. The molecule has 0 saturated heterocycles. The number of amides is 3. The molecule has 1 aliphatic heterocycles. The highest BCUT2D eigenvalue weighted by molar-refractivity contribution is 6.22. The van der Waals surface area contributed by atoms with Gasteiger partial charge in [-0.3, -0.25) is 19.3 Å². The first-order valence-electron chi connectivity index (χ1n) is 6.82. The first-order valence-corrected chi connectivity index (χ1v) is 6.82. The molecule has 3 amide bonds. The lowest BCUT2D eigenvalue weighted by Crippen LogP contribution is -2.34. The number of carboxylic acid groups (broad SMARTS) is 1. The van der Waals surface area contributed by atoms with E-state index in [0.29, 0.717) is 5.69 Å². The number of carboxylic acids is 1. The fraction of sp³-hybridized carbons (Fsp3) is 0.333. The number of aliphatic carboxylic acids is 1. The van der Waals surface area contributed by atoms with Crippen molar-refractivity contribution < 1.29 is 24.3 Å². The maximum absolute atomic E-state index is 12.2. The molecule has 2 rings (SSSR count). The fourth-order valence-electron chi connectivity index (χ4n) is 2.06. The summed E-state index contributed by atoms with van der Waals surface area (Å²) in [7, 11) is 0. The summed E-state index contributed by atoms with van der Waals surface area (Å²) in [5.41, 5.74) is 0.774. The fourth-order valence-corrected chi connectivity index (χ4v) is 2.06. The van der Waals surface area contributed by atoms with Crippen LogP contribution in [0.3, 0.4) is 0 Å². The zero-order valence-corrected chi connectivity index (χ0v) is 12.2. The van der Waals surface area contributed by atoms with Crippen LogP contribution in [0.25, 0.3) is 0 Å². The predicted molar refractivity (Wildman–Crippen MR) is 74.9 cm³/mol. The highest BCUT2D eigenvalue weighted by atomic mass is 16.4. The summed E-state index contributed by atoms with van der Waals surface area (Å²) < 4.78 is 0. The number of hydrogen-bond acceptors (Lipinski definition) is 5. The maximum atomic E-state index is 12.2. The van der Waals surface area contributed by atoms with Crippen LogP contribution in [0.15, 0.2) is 18.2 Å². The smallest absolute Gasteiger partial charge is 0.261 e. The van der Waals surface area contributed by atoms with Gasteiger partial charge in [0.15, 0.2) is 0 Å². The molecule has 1 aromatic carbocycles. The Morgan fingerprint density at radius 1 is 1.18 bits per heavy atom. The second-order valence-electron chi connectivity index (χ2n) is 5.29. The summed E-state index contributed by atoms with van der Waals surface area (Å²) in [6, 6.07) is 4.41. The van der Waals surface area contributed by atoms with Gasteiger partial charge in [0.1, 0.15) is 0 Å². The monoisotopic (exact) mass is 303 g/mol. The van der Waals surface area contributed by atoms with Gasteiger partial charge in [-0.2, -0.15) is 0 Å². The molecule has 0 atom stereocenters. The summed E-state index contributed by atoms with van der Waals surface area (Å²) in [6.07, 6.45) is -0.414. The van der Waals surface area contributed by atoms with Crippen molar-refractivity contribution in [3.63, 3.8) is 0 Å². The standard InChI is InChI=1S/C15H16N2O5/c1-8(2)13(20)16-9-3-4-10-11(7-9)15(22)17(14(10)21)6-5-12(18)19/h3-4,7-8H,5-6H2,1-2H3,(H,16,20)(H,18,19)/p-1. The molecular weight excluding hydrogens is 288 g/mol. The van der Waals surface area contributed by atoms with Gasteiger partial charge in [0.25, 0.3) is 11.8 Å². The van der Waals surface area contributed by atoms with Crippen LogP contribution >= 0.6 is 0 Å². The summed E-state index contributed by atoms with van der Waals surface area (Å²) in [6.45, 7) is 3.24. The SMILES string of the molecule is CC(C)C(=O)Nc1ccc2c(c1)C(=O)N(CCC(=O)[O-])C2=O. The molecule has 0 saturated carbocycles. The van der Waals surface area contributed by atoms with Gasteiger partial charge < -0.3 is 15.2 Å². The zero-order chi connectivity index (χ0) is 16.4. The molecule has 0 bridgehead atoms. The minimum atomic E-state index is -1.33. The van der Waals surface area contributed by atoms with Gasteiger partial charge in [-0.1, -0.05) is 13.8 Å². The third-order valence-electron chi connectivity index (χ3n) is 3.30. The Bertz CT molecular complexity index is 666. The van der Waals surface area contributed by atoms with Gasteiger partial charge in [0.05, 0.1) is 11.1 Å². The Kier molecular flexibility index (Phi) is 4.25. The van der Waals surface area contributed by atoms with Gasteiger partial charge in [-0.25, -0.2) is 0 Å². The highest BCUT2D eigenvalue weighted by Gasteiger charge is 2.35. The third-order valence-corrected chi connectivity index (χ3v) is 3.30. The molecule has 0 unspecified atom stereocenters. The van der Waals surface area contributed by atoms with Crippen molar-refractivity contribution in [1.82, 2.24) is 4.90 Å². The first-order chi connectivity index (χ1) is 10.3. The number of nitrogens with one attached hydrogen (secondary N) is 1. The normalized spacial score (nSPS) is 13.5. The van der Waals surface area contributed by atoms with E-state index < -0.39 is 24.2 Å². The average Bonchev–Trinajstić information content (AvgIpc) is 2.68. The van der Waals surface area contributed by atoms with E-state index in [-0.39, 0.29) is 29.5 Å². The molecule has 116 valence electrons. The molecule has 0 spiro atoms. The minimum Gasteiger partial charge on any atom is -0.550 e. The number of benzene rings is 1. The predicted octanol–water partition coefficient (Wildman–Crippen LogP) is 0.0171. The van der Waals surface area contributed by atoms with Crippen LogP contribution in [0.2, 0.25) is 0 Å². The second-order valence-corrected chi connectivity index (χ2v) is 5.29. The largest absolute Gasteiger partial charge is 0.550 e. The van der Waals surface area contributed by atoms with Gasteiger partial charge >= 0.3 is 0 Å². The van der Waals surface area contributed by atoms with E-state index in [4.69, 9.17) is 0 Å². The molecule has 1 aromatic rings. The lowest BCUT2D eigenvalue weighted by Gasteiger charge is -2.13. The van der Waals surface area contributed by atoms with E-state index in [1.165, 1.54) is 18.2 Å². The summed E-state index contributed by atoms with van der Waals surface area (Å²) in [4.78, 5) is 47.2. The van der Waals surface area contributed by atoms with E-state index in [9.17, 15) is 24.3 Å². The average molecular weight is 303 g/mol. The lowest BCUT2D eigenvalue weighted by molar-refractivity contribution is -0.305. The number of carbonyl (C=O) groups excluding carboxylic acids is 4. The van der Waals surface area contributed by atoms with Gasteiger partial charge in [0.2, 0.25) is 5.91 Å². The van der Waals surface area contributed by atoms with Gasteiger partial charge in [0, 0.05) is 30.5 Å². The van der Waals surface area contributed by atoms with Crippen LogP contribution < -0.4 is 10.4 Å². The van der Waals surface area contributed by atoms with Crippen LogP contribution in [0.1, 0.15) is 41.0 Å². The third kappa shape index (κ3) is 2.98. The van der Waals surface area contributed by atoms with Crippen molar-refractivity contribution >= 4 is 29.4 Å². The summed E-state index contributed by atoms with van der Waals surface area (Å²) >= 11 is 0. The van der Waals surface area contributed by atoms with E-state index in [0.717, 1.165) is 4.90 Å². The Hall–Kier alpha value is -2.70. The molecule has 0 aliphatic carbocycles. The van der Waals surface area contributed by atoms with Crippen molar-refractivity contribution in [3.8, 4) is 0 Å². The first kappa shape index (κ1) is 15.7. The molecule has 7 nitrogen and oxygen atoms in total. The van der Waals surface area contributed by atoms with E-state index >= 15 is 0 Å². The molecule has 0 aromatic heterocycles. The molecule has 1 heterocycles. The van der Waals surface area contributed by atoms with E-state index in [1.54, 1.807) is 13.8 Å². The number of nitrogens with zero attached hydrogens (tertiary/aromatic N) is 1. The van der Waals surface area contributed by atoms with Crippen molar-refractivity contribution in [2.45, 2.75) is 20.3 Å². The van der Waals surface area contributed by atoms with Crippen molar-refractivity contribution in [2.75, 3.05) is 11.9 Å². The van der Waals surface area contributed by atoms with Crippen LogP contribution in [0, 0.1) is 5.92 Å². The van der Waals surface area contributed by atoms with Crippen LogP contribution in [0.5, 0.6) is 0 Å². The zero-order valence-electron chi connectivity index (χ0n) is 12.2. The van der Waals surface area contributed by atoms with Crippen molar-refractivity contribution in [1.29, 1.82) is 0 Å². The Balaban J connectivity index is 2.22. The minimum absolute atomic E-state index is 0.157. The number of imide groups is 1. The maximum Gasteiger partial charge on any atom is 0.261 e. The molecule has 1 N–H and O–H groups in total. The number of fused-ring (bicyclic) bond motifs is 1. The Morgan fingerprint density at radius 3 is 2.41 bits per heavy atom. The molecule has 0 fully saturated rings. The lowest BCUT2D eigenvalue weighted by atomic mass is 10.1. The van der Waals surface area contributed by atoms with Crippen LogP contribution in [-0.2, 0) is 9.59 Å². The van der Waals surface area contributed by atoms with Crippen molar-refractivity contribution in [3.05, 3.63) is 29.3 Å². The molecule has 0 radical (unpaired) electrons. The van der Waals surface area contributed by atoms with Gasteiger partial charge in [-0.15, -0.1) is 0 Å². The number of carbonyl (C=O) groups is 4. The quantitative estimate of drug-likeness (QED) is 0.772. The summed E-state index contributed by atoms with van der Waals surface area (Å²) in [5, 5.41) is 13.1. The Labute approximate surface area is 126 Å². The highest BCUT2D eigenvalue weighted by Crippen LogP contribution is 2.26. The Morgan fingerprint density at radius 2 is 1.82 bits per heavy atom. The number of anilines is 1. The summed E-state index contributed by atoms with van der Waals surface area (Å²) in [5.74, 6) is -2.86. The van der Waals surface area contributed by atoms with Crippen LogP contribution in [0.4, 0.5) is 5.69 Å². The topological polar surface area (TPSA) is 107 Å². The number of hydrogen-bond donors (Lipinski definition) is 1. The van der Waals surface area contributed by atoms with Crippen molar-refractivity contribution in [2.24, 2.45) is 5.92 Å². The molecule has 1 aliphatic rings. The van der Waals surface area contributed by atoms with E-state index in [2.05, 4.69) is 5.32 Å². The van der Waals surface area contributed by atoms with Crippen LogP contribution in [-0.4, -0.2) is 35.1 Å². The molecule has 7 heteroatoms. The molecule has 22 heavy (non-hydrogen) atoms. The molecular formula is C15H15N2O5-.